The minimum absolute atomic E-state index is 0.260. The van der Waals surface area contributed by atoms with E-state index in [-0.39, 0.29) is 12.0 Å². The van der Waals surface area contributed by atoms with E-state index in [2.05, 4.69) is 14.9 Å². The number of carbonyl (C=O) groups is 1. The van der Waals surface area contributed by atoms with E-state index in [1.807, 2.05) is 18.0 Å². The zero-order chi connectivity index (χ0) is 20.3. The van der Waals surface area contributed by atoms with E-state index in [0.717, 1.165) is 24.9 Å². The Kier molecular flexibility index (Phi) is 6.03. The molecule has 0 radical (unpaired) electrons. The third-order valence-electron chi connectivity index (χ3n) is 5.05. The summed E-state index contributed by atoms with van der Waals surface area (Å²) in [5.41, 5.74) is 0.623. The molecule has 9 nitrogen and oxygen atoms in total. The topological polar surface area (TPSA) is 86.2 Å². The summed E-state index contributed by atoms with van der Waals surface area (Å²) in [7, 11) is 8.03. The molecule has 1 aromatic heterocycles. The highest BCUT2D eigenvalue weighted by atomic mass is 16.5. The highest BCUT2D eigenvalue weighted by Gasteiger charge is 2.31. The summed E-state index contributed by atoms with van der Waals surface area (Å²) >= 11 is 0. The molecule has 0 aliphatic carbocycles. The molecule has 9 heteroatoms. The number of fused-ring (bicyclic) bond motifs is 1. The van der Waals surface area contributed by atoms with Gasteiger partial charge in [-0.05, 0) is 19.5 Å². The first-order valence-electron chi connectivity index (χ1n) is 9.02. The maximum Gasteiger partial charge on any atom is 0.324 e. The smallest absolute Gasteiger partial charge is 0.324 e. The molecule has 1 aromatic carbocycles. The van der Waals surface area contributed by atoms with Crippen molar-refractivity contribution in [2.45, 2.75) is 12.5 Å². The molecule has 1 aliphatic rings. The number of hydrogen-bond donors (Lipinski definition) is 0. The van der Waals surface area contributed by atoms with Crippen molar-refractivity contribution in [3.8, 4) is 17.2 Å². The maximum atomic E-state index is 12.3. The second kappa shape index (κ2) is 8.47. The summed E-state index contributed by atoms with van der Waals surface area (Å²) in [4.78, 5) is 25.3. The molecule has 0 N–H and O–H groups in total. The summed E-state index contributed by atoms with van der Waals surface area (Å²) < 4.78 is 21.5. The van der Waals surface area contributed by atoms with Gasteiger partial charge in [-0.2, -0.15) is 0 Å². The van der Waals surface area contributed by atoms with Gasteiger partial charge in [0.1, 0.15) is 23.7 Å². The van der Waals surface area contributed by atoms with Gasteiger partial charge in [0.05, 0.1) is 33.8 Å². The van der Waals surface area contributed by atoms with Gasteiger partial charge in [-0.15, -0.1) is 0 Å². The number of methoxy groups -OCH3 is 4. The van der Waals surface area contributed by atoms with Crippen LogP contribution >= 0.6 is 0 Å². The summed E-state index contributed by atoms with van der Waals surface area (Å²) in [5.74, 6) is 1.94. The van der Waals surface area contributed by atoms with E-state index < -0.39 is 0 Å². The number of rotatable bonds is 5. The first-order chi connectivity index (χ1) is 13.5. The highest BCUT2D eigenvalue weighted by molar-refractivity contribution is 5.97. The van der Waals surface area contributed by atoms with Crippen LogP contribution in [0.5, 0.6) is 17.2 Å². The number of benzene rings is 1. The lowest BCUT2D eigenvalue weighted by Gasteiger charge is -2.28. The van der Waals surface area contributed by atoms with Gasteiger partial charge >= 0.3 is 5.97 Å². The summed E-state index contributed by atoms with van der Waals surface area (Å²) in [6.07, 6.45) is 2.38. The molecule has 0 amide bonds. The number of esters is 1. The minimum atomic E-state index is -0.375. The lowest BCUT2D eigenvalue weighted by Crippen LogP contribution is -2.45. The van der Waals surface area contributed by atoms with E-state index in [1.165, 1.54) is 13.4 Å². The molecule has 0 spiro atoms. The molecule has 28 heavy (non-hydrogen) atoms. The number of anilines is 1. The summed E-state index contributed by atoms with van der Waals surface area (Å²) in [5, 5.41) is 0.769. The molecule has 1 aliphatic heterocycles. The Morgan fingerprint density at radius 2 is 1.82 bits per heavy atom. The predicted octanol–water partition coefficient (Wildman–Crippen LogP) is 1.34. The Morgan fingerprint density at radius 1 is 1.07 bits per heavy atom. The van der Waals surface area contributed by atoms with Crippen molar-refractivity contribution >= 4 is 22.7 Å². The van der Waals surface area contributed by atoms with Gasteiger partial charge in [-0.25, -0.2) is 9.97 Å². The van der Waals surface area contributed by atoms with Crippen LogP contribution in [0.1, 0.15) is 6.42 Å². The van der Waals surface area contributed by atoms with Crippen LogP contribution in [0.3, 0.4) is 0 Å². The molecule has 0 bridgehead atoms. The first-order valence-corrected chi connectivity index (χ1v) is 9.02. The molecule has 1 fully saturated rings. The third-order valence-corrected chi connectivity index (χ3v) is 5.05. The largest absolute Gasteiger partial charge is 0.493 e. The van der Waals surface area contributed by atoms with Crippen LogP contribution < -0.4 is 19.1 Å². The van der Waals surface area contributed by atoms with Crippen molar-refractivity contribution < 1.29 is 23.7 Å². The zero-order valence-electron chi connectivity index (χ0n) is 16.9. The van der Waals surface area contributed by atoms with Crippen LogP contribution in [-0.2, 0) is 9.53 Å². The summed E-state index contributed by atoms with van der Waals surface area (Å²) in [6.45, 7) is 2.01. The van der Waals surface area contributed by atoms with E-state index in [9.17, 15) is 4.79 Å². The van der Waals surface area contributed by atoms with Gasteiger partial charge in [-0.3, -0.25) is 9.69 Å². The van der Waals surface area contributed by atoms with Crippen molar-refractivity contribution in [2.24, 2.45) is 0 Å². The lowest BCUT2D eigenvalue weighted by atomic mass is 10.1. The van der Waals surface area contributed by atoms with Gasteiger partial charge in [0.25, 0.3) is 0 Å². The molecular formula is C19H26N4O5. The monoisotopic (exact) mass is 390 g/mol. The fraction of sp³-hybridized carbons (Fsp3) is 0.526. The van der Waals surface area contributed by atoms with Crippen molar-refractivity contribution in [1.29, 1.82) is 0 Å². The number of nitrogens with zero attached hydrogens (tertiary/aromatic N) is 4. The van der Waals surface area contributed by atoms with Gasteiger partial charge < -0.3 is 23.8 Å². The Morgan fingerprint density at radius 3 is 2.46 bits per heavy atom. The predicted molar refractivity (Wildman–Crippen MR) is 104 cm³/mol. The molecule has 2 aromatic rings. The Hall–Kier alpha value is -2.81. The minimum Gasteiger partial charge on any atom is -0.493 e. The molecule has 1 unspecified atom stereocenters. The zero-order valence-corrected chi connectivity index (χ0v) is 16.9. The fourth-order valence-electron chi connectivity index (χ4n) is 3.59. The van der Waals surface area contributed by atoms with E-state index in [0.29, 0.717) is 35.1 Å². The number of likely N-dealkylation sites (N-methyl/N-ethyl adjacent to an activating group) is 1. The Labute approximate surface area is 164 Å². The quantitative estimate of drug-likeness (QED) is 0.702. The summed E-state index contributed by atoms with van der Waals surface area (Å²) in [6, 6.07) is 1.47. The average molecular weight is 390 g/mol. The van der Waals surface area contributed by atoms with Gasteiger partial charge in [0, 0.05) is 19.6 Å². The van der Waals surface area contributed by atoms with Crippen molar-refractivity contribution in [3.63, 3.8) is 0 Å². The normalized spacial score (nSPS) is 17.9. The molecule has 2 heterocycles. The van der Waals surface area contributed by atoms with Gasteiger partial charge in [-0.1, -0.05) is 0 Å². The van der Waals surface area contributed by atoms with Crippen LogP contribution in [0.2, 0.25) is 0 Å². The molecular weight excluding hydrogens is 364 g/mol. The fourth-order valence-corrected chi connectivity index (χ4v) is 3.59. The standard InChI is InChI=1S/C19H26N4O5/c1-22-7-6-8-23(10-13(22)19(24)28-5)18-12-9-14(25-2)16(26-3)17(27-4)15(12)20-11-21-18/h9,11,13H,6-8,10H2,1-5H3. The maximum absolute atomic E-state index is 12.3. The lowest BCUT2D eigenvalue weighted by molar-refractivity contribution is -0.145. The van der Waals surface area contributed by atoms with Crippen molar-refractivity contribution in [3.05, 3.63) is 12.4 Å². The van der Waals surface area contributed by atoms with E-state index >= 15 is 0 Å². The Bertz CT molecular complexity index is 860. The molecule has 1 atom stereocenters. The van der Waals surface area contributed by atoms with E-state index in [1.54, 1.807) is 21.3 Å². The second-order valence-electron chi connectivity index (χ2n) is 6.56. The molecule has 3 rings (SSSR count). The van der Waals surface area contributed by atoms with Gasteiger partial charge in [0.2, 0.25) is 5.75 Å². The second-order valence-corrected chi connectivity index (χ2v) is 6.56. The molecule has 1 saturated heterocycles. The van der Waals surface area contributed by atoms with Crippen LogP contribution in [0.15, 0.2) is 12.4 Å². The van der Waals surface area contributed by atoms with Gasteiger partial charge in [0.15, 0.2) is 11.5 Å². The van der Waals surface area contributed by atoms with Crippen LogP contribution in [0, 0.1) is 0 Å². The molecule has 152 valence electrons. The number of aromatic nitrogens is 2. The Balaban J connectivity index is 2.13. The third kappa shape index (κ3) is 3.49. The number of hydrogen-bond acceptors (Lipinski definition) is 9. The van der Waals surface area contributed by atoms with Crippen LogP contribution in [0.25, 0.3) is 10.9 Å². The van der Waals surface area contributed by atoms with Crippen LogP contribution in [-0.4, -0.2) is 82.0 Å². The highest BCUT2D eigenvalue weighted by Crippen LogP contribution is 2.44. The van der Waals surface area contributed by atoms with Crippen molar-refractivity contribution in [2.75, 3.05) is 60.0 Å². The molecule has 0 saturated carbocycles. The number of carbonyl (C=O) groups excluding carboxylic acids is 1. The first kappa shape index (κ1) is 19.9. The van der Waals surface area contributed by atoms with Crippen LogP contribution in [0.4, 0.5) is 5.82 Å². The van der Waals surface area contributed by atoms with Crippen molar-refractivity contribution in [1.82, 2.24) is 14.9 Å². The SMILES string of the molecule is COC(=O)C1CN(c2ncnc3c(OC)c(OC)c(OC)cc23)CCCN1C. The average Bonchev–Trinajstić information content (AvgIpc) is 2.92. The van der Waals surface area contributed by atoms with E-state index in [4.69, 9.17) is 18.9 Å². The number of ether oxygens (including phenoxy) is 4.